The summed E-state index contributed by atoms with van der Waals surface area (Å²) >= 11 is 3.48. The molecule has 0 bridgehead atoms. The van der Waals surface area contributed by atoms with Gasteiger partial charge in [-0.15, -0.1) is 0 Å². The molecule has 0 saturated carbocycles. The molecule has 0 aliphatic heterocycles. The summed E-state index contributed by atoms with van der Waals surface area (Å²) in [6.07, 6.45) is 0.340. The fourth-order valence-electron chi connectivity index (χ4n) is 1.52. The first-order valence-corrected chi connectivity index (χ1v) is 5.69. The Bertz CT molecular complexity index is 552. The van der Waals surface area contributed by atoms with Crippen LogP contribution in [0.25, 0.3) is 11.4 Å². The third kappa shape index (κ3) is 2.00. The van der Waals surface area contributed by atoms with Crippen LogP contribution in [0.5, 0.6) is 0 Å². The first-order valence-electron chi connectivity index (χ1n) is 4.89. The number of aromatic amines is 1. The summed E-state index contributed by atoms with van der Waals surface area (Å²) in [5.74, 6) is 0.801. The quantitative estimate of drug-likeness (QED) is 0.915. The highest BCUT2D eigenvalue weighted by Gasteiger charge is 2.09. The number of H-pyrrole nitrogens is 1. The largest absolute Gasteiger partial charge is 0.342 e. The Hall–Kier alpha value is -1.60. The third-order valence-corrected chi connectivity index (χ3v) is 3.05. The van der Waals surface area contributed by atoms with Gasteiger partial charge in [-0.1, -0.05) is 34.1 Å². The van der Waals surface area contributed by atoms with Crippen molar-refractivity contribution in [2.75, 3.05) is 0 Å². The lowest BCUT2D eigenvalue weighted by atomic mass is 10.2. The Kier molecular flexibility index (Phi) is 3.07. The van der Waals surface area contributed by atoms with E-state index in [4.69, 9.17) is 5.26 Å². The Morgan fingerprint density at radius 3 is 2.88 bits per heavy atom. The topological polar surface area (TPSA) is 52.5 Å². The Morgan fingerprint density at radius 1 is 1.44 bits per heavy atom. The van der Waals surface area contributed by atoms with Crippen LogP contribution in [-0.2, 0) is 6.42 Å². The van der Waals surface area contributed by atoms with Crippen molar-refractivity contribution in [2.45, 2.75) is 13.3 Å². The van der Waals surface area contributed by atoms with Gasteiger partial charge in [-0.25, -0.2) is 4.98 Å². The van der Waals surface area contributed by atoms with E-state index in [0.717, 1.165) is 27.2 Å². The van der Waals surface area contributed by atoms with Crippen molar-refractivity contribution in [3.8, 4) is 17.5 Å². The molecule has 3 nitrogen and oxygen atoms in total. The molecule has 0 atom stereocenters. The van der Waals surface area contributed by atoms with Crippen LogP contribution >= 0.6 is 15.9 Å². The number of rotatable bonds is 2. The molecule has 1 aromatic heterocycles. The predicted molar refractivity (Wildman–Crippen MR) is 65.8 cm³/mol. The second-order valence-corrected chi connectivity index (χ2v) is 4.33. The minimum Gasteiger partial charge on any atom is -0.342 e. The second kappa shape index (κ2) is 4.50. The lowest BCUT2D eigenvalue weighted by Crippen LogP contribution is -1.84. The molecule has 0 aliphatic carbocycles. The minimum atomic E-state index is 0.340. The summed E-state index contributed by atoms with van der Waals surface area (Å²) in [5, 5.41) is 8.67. The van der Waals surface area contributed by atoms with Crippen molar-refractivity contribution < 1.29 is 0 Å². The Balaban J connectivity index is 2.46. The van der Waals surface area contributed by atoms with Crippen LogP contribution in [0.4, 0.5) is 0 Å². The maximum atomic E-state index is 8.67. The molecule has 2 aromatic rings. The van der Waals surface area contributed by atoms with E-state index in [1.54, 1.807) is 0 Å². The van der Waals surface area contributed by atoms with Gasteiger partial charge in [-0.05, 0) is 13.0 Å². The molecule has 1 N–H and O–H groups in total. The smallest absolute Gasteiger partial charge is 0.139 e. The predicted octanol–water partition coefficient (Wildman–Crippen LogP) is 3.21. The summed E-state index contributed by atoms with van der Waals surface area (Å²) in [7, 11) is 0. The van der Waals surface area contributed by atoms with Crippen molar-refractivity contribution in [2.24, 2.45) is 0 Å². The number of nitrogens with zero attached hydrogens (tertiary/aromatic N) is 2. The number of aromatic nitrogens is 2. The molecule has 0 radical (unpaired) electrons. The number of hydrogen-bond donors (Lipinski definition) is 1. The molecular formula is C12H10BrN3. The van der Waals surface area contributed by atoms with Crippen LogP contribution in [0.2, 0.25) is 0 Å². The van der Waals surface area contributed by atoms with E-state index in [9.17, 15) is 0 Å². The monoisotopic (exact) mass is 275 g/mol. The van der Waals surface area contributed by atoms with Gasteiger partial charge in [0.15, 0.2) is 0 Å². The lowest BCUT2D eigenvalue weighted by Gasteiger charge is -1.98. The van der Waals surface area contributed by atoms with Gasteiger partial charge in [0.25, 0.3) is 0 Å². The van der Waals surface area contributed by atoms with Crippen LogP contribution in [0.1, 0.15) is 11.4 Å². The zero-order chi connectivity index (χ0) is 11.5. The van der Waals surface area contributed by atoms with Crippen LogP contribution in [0.3, 0.4) is 0 Å². The van der Waals surface area contributed by atoms with Crippen LogP contribution in [-0.4, -0.2) is 9.97 Å². The van der Waals surface area contributed by atoms with Crippen LogP contribution in [0.15, 0.2) is 28.7 Å². The first kappa shape index (κ1) is 10.9. The first-order chi connectivity index (χ1) is 7.72. The summed E-state index contributed by atoms with van der Waals surface area (Å²) < 4.78 is 0.993. The molecule has 1 aromatic carbocycles. The maximum Gasteiger partial charge on any atom is 0.139 e. The summed E-state index contributed by atoms with van der Waals surface area (Å²) in [5.41, 5.74) is 2.77. The lowest BCUT2D eigenvalue weighted by molar-refractivity contribution is 1.12. The van der Waals surface area contributed by atoms with Gasteiger partial charge < -0.3 is 4.98 Å². The third-order valence-electron chi connectivity index (χ3n) is 2.36. The van der Waals surface area contributed by atoms with E-state index in [0.29, 0.717) is 6.42 Å². The van der Waals surface area contributed by atoms with Gasteiger partial charge in [-0.3, -0.25) is 0 Å². The van der Waals surface area contributed by atoms with Crippen molar-refractivity contribution in [1.82, 2.24) is 9.97 Å². The standard InChI is InChI=1S/C12H10BrN3/c1-8-11(6-7-14)16-12(15-8)9-4-2-3-5-10(9)13/h2-5H,6H2,1H3,(H,15,16). The highest BCUT2D eigenvalue weighted by Crippen LogP contribution is 2.26. The number of benzene rings is 1. The van der Waals surface area contributed by atoms with Crippen LogP contribution in [0, 0.1) is 18.3 Å². The summed E-state index contributed by atoms with van der Waals surface area (Å²) in [6.45, 7) is 1.93. The molecule has 16 heavy (non-hydrogen) atoms. The maximum absolute atomic E-state index is 8.67. The van der Waals surface area contributed by atoms with Gasteiger partial charge in [-0.2, -0.15) is 5.26 Å². The average Bonchev–Trinajstić information content (AvgIpc) is 2.61. The fourth-order valence-corrected chi connectivity index (χ4v) is 2.00. The highest BCUT2D eigenvalue weighted by molar-refractivity contribution is 9.10. The molecule has 1 heterocycles. The fraction of sp³-hybridized carbons (Fsp3) is 0.167. The molecule has 2 rings (SSSR count). The van der Waals surface area contributed by atoms with E-state index < -0.39 is 0 Å². The number of nitriles is 1. The Morgan fingerprint density at radius 2 is 2.19 bits per heavy atom. The minimum absolute atomic E-state index is 0.340. The van der Waals surface area contributed by atoms with Gasteiger partial charge >= 0.3 is 0 Å². The zero-order valence-corrected chi connectivity index (χ0v) is 10.4. The molecule has 0 amide bonds. The summed E-state index contributed by atoms with van der Waals surface area (Å²) in [6, 6.07) is 9.98. The molecule has 80 valence electrons. The number of hydrogen-bond acceptors (Lipinski definition) is 2. The van der Waals surface area contributed by atoms with Crippen molar-refractivity contribution >= 4 is 15.9 Å². The normalized spacial score (nSPS) is 10.1. The molecule has 0 fully saturated rings. The molecule has 0 aliphatic rings. The summed E-state index contributed by atoms with van der Waals surface area (Å²) in [4.78, 5) is 7.62. The molecule has 0 unspecified atom stereocenters. The Labute approximate surface area is 102 Å². The van der Waals surface area contributed by atoms with Crippen molar-refractivity contribution in [3.05, 3.63) is 40.1 Å². The average molecular weight is 276 g/mol. The van der Waals surface area contributed by atoms with Crippen LogP contribution < -0.4 is 0 Å². The van der Waals surface area contributed by atoms with Gasteiger partial charge in [0.05, 0.1) is 18.2 Å². The molecule has 0 saturated heterocycles. The van der Waals surface area contributed by atoms with Gasteiger partial charge in [0, 0.05) is 15.7 Å². The zero-order valence-electron chi connectivity index (χ0n) is 8.79. The second-order valence-electron chi connectivity index (χ2n) is 3.47. The molecule has 0 spiro atoms. The van der Waals surface area contributed by atoms with E-state index >= 15 is 0 Å². The number of aryl methyl sites for hydroxylation is 1. The van der Waals surface area contributed by atoms with E-state index in [-0.39, 0.29) is 0 Å². The van der Waals surface area contributed by atoms with E-state index in [1.807, 2.05) is 31.2 Å². The number of imidazole rings is 1. The van der Waals surface area contributed by atoms with Crippen molar-refractivity contribution in [3.63, 3.8) is 0 Å². The number of nitrogens with one attached hydrogen (secondary N) is 1. The van der Waals surface area contributed by atoms with E-state index in [1.165, 1.54) is 0 Å². The SMILES string of the molecule is Cc1[nH]c(-c2ccccc2Br)nc1CC#N. The highest BCUT2D eigenvalue weighted by atomic mass is 79.9. The van der Waals surface area contributed by atoms with Crippen molar-refractivity contribution in [1.29, 1.82) is 5.26 Å². The van der Waals surface area contributed by atoms with E-state index in [2.05, 4.69) is 32.0 Å². The number of halogens is 1. The molecule has 4 heteroatoms. The molecular weight excluding hydrogens is 266 g/mol. The van der Waals surface area contributed by atoms with Gasteiger partial charge in [0.2, 0.25) is 0 Å². The van der Waals surface area contributed by atoms with Gasteiger partial charge in [0.1, 0.15) is 5.82 Å².